The Bertz CT molecular complexity index is 834. The van der Waals surface area contributed by atoms with Gasteiger partial charge in [0.25, 0.3) is 0 Å². The molecule has 0 spiro atoms. The Morgan fingerprint density at radius 3 is 3.04 bits per heavy atom. The average molecular weight is 387 g/mol. The maximum atomic E-state index is 12.6. The number of hydrogen-bond donors (Lipinski definition) is 0. The first-order valence-electron chi connectivity index (χ1n) is 9.15. The summed E-state index contributed by atoms with van der Waals surface area (Å²) in [6.45, 7) is 2.10. The molecule has 2 fully saturated rings. The molecule has 1 aromatic heterocycles. The molecule has 0 radical (unpaired) electrons. The Labute approximate surface area is 161 Å². The molecule has 0 unspecified atom stereocenters. The van der Waals surface area contributed by atoms with Crippen LogP contribution in [-0.2, 0) is 16.1 Å². The van der Waals surface area contributed by atoms with E-state index < -0.39 is 0 Å². The van der Waals surface area contributed by atoms with E-state index in [0.717, 1.165) is 31.6 Å². The van der Waals surface area contributed by atoms with Crippen LogP contribution in [0.25, 0.3) is 0 Å². The van der Waals surface area contributed by atoms with Crippen LogP contribution < -0.4 is 4.90 Å². The fourth-order valence-electron chi connectivity index (χ4n) is 3.38. The van der Waals surface area contributed by atoms with E-state index in [4.69, 9.17) is 4.74 Å². The lowest BCUT2D eigenvalue weighted by Gasteiger charge is -2.16. The molecule has 142 valence electrons. The van der Waals surface area contributed by atoms with E-state index in [1.165, 1.54) is 11.8 Å². The van der Waals surface area contributed by atoms with E-state index in [9.17, 15) is 9.59 Å². The van der Waals surface area contributed by atoms with E-state index in [0.29, 0.717) is 30.2 Å². The van der Waals surface area contributed by atoms with E-state index in [1.54, 1.807) is 21.7 Å². The van der Waals surface area contributed by atoms with Gasteiger partial charge in [0, 0.05) is 30.8 Å². The van der Waals surface area contributed by atoms with E-state index >= 15 is 0 Å². The summed E-state index contributed by atoms with van der Waals surface area (Å²) in [5, 5.41) is 12.4. The zero-order valence-electron chi connectivity index (χ0n) is 14.9. The molecule has 0 aliphatic carbocycles. The molecule has 2 aliphatic heterocycles. The van der Waals surface area contributed by atoms with Gasteiger partial charge in [-0.3, -0.25) is 9.59 Å². The Morgan fingerprint density at radius 1 is 1.33 bits per heavy atom. The topological polar surface area (TPSA) is 90.2 Å². The number of carbonyl (C=O) groups is 2. The van der Waals surface area contributed by atoms with Crippen LogP contribution in [0.15, 0.2) is 29.4 Å². The lowest BCUT2D eigenvalue weighted by atomic mass is 10.1. The summed E-state index contributed by atoms with van der Waals surface area (Å²) in [6.07, 6.45) is 3.63. The number of carbonyl (C=O) groups excluding carboxylic acids is 2. The van der Waals surface area contributed by atoms with Gasteiger partial charge in [-0.05, 0) is 41.8 Å². The minimum Gasteiger partial charge on any atom is -0.376 e. The number of anilines is 1. The minimum atomic E-state index is -0.0137. The molecule has 0 saturated carbocycles. The number of rotatable bonds is 7. The lowest BCUT2D eigenvalue weighted by molar-refractivity contribution is -0.117. The third-order valence-electron chi connectivity index (χ3n) is 4.79. The standard InChI is InChI=1S/C18H21N5O3S/c24-16(13-4-1-5-14(10-13)22-8-2-7-17(22)25)12-27-18-19-20-21-23(18)11-15-6-3-9-26-15/h1,4-5,10,15H,2-3,6-9,11-12H2/t15-/m0/s1. The van der Waals surface area contributed by atoms with Crippen molar-refractivity contribution >= 4 is 29.1 Å². The fourth-order valence-corrected chi connectivity index (χ4v) is 4.16. The van der Waals surface area contributed by atoms with Gasteiger partial charge in [0.1, 0.15) is 0 Å². The van der Waals surface area contributed by atoms with Gasteiger partial charge in [-0.25, -0.2) is 4.68 Å². The minimum absolute atomic E-state index is 0.0137. The normalized spacial score (nSPS) is 19.8. The van der Waals surface area contributed by atoms with Gasteiger partial charge in [-0.2, -0.15) is 0 Å². The molecular formula is C18H21N5O3S. The zero-order valence-corrected chi connectivity index (χ0v) is 15.7. The van der Waals surface area contributed by atoms with Crippen molar-refractivity contribution in [2.24, 2.45) is 0 Å². The van der Waals surface area contributed by atoms with E-state index in [1.807, 2.05) is 12.1 Å². The summed E-state index contributed by atoms with van der Waals surface area (Å²) < 4.78 is 7.32. The zero-order chi connectivity index (χ0) is 18.6. The van der Waals surface area contributed by atoms with Crippen LogP contribution in [0.3, 0.4) is 0 Å². The van der Waals surface area contributed by atoms with Crippen LogP contribution in [0.5, 0.6) is 0 Å². The molecule has 1 amide bonds. The van der Waals surface area contributed by atoms with E-state index in [-0.39, 0.29) is 23.5 Å². The third-order valence-corrected chi connectivity index (χ3v) is 5.74. The quantitative estimate of drug-likeness (QED) is 0.530. The molecule has 0 bridgehead atoms. The molecule has 0 N–H and O–H groups in total. The first kappa shape index (κ1) is 18.1. The Morgan fingerprint density at radius 2 is 2.26 bits per heavy atom. The predicted molar refractivity (Wildman–Crippen MR) is 99.9 cm³/mol. The van der Waals surface area contributed by atoms with Gasteiger partial charge in [0.2, 0.25) is 11.1 Å². The maximum Gasteiger partial charge on any atom is 0.227 e. The number of hydrogen-bond acceptors (Lipinski definition) is 7. The first-order valence-corrected chi connectivity index (χ1v) is 10.1. The number of tetrazole rings is 1. The Balaban J connectivity index is 1.38. The van der Waals surface area contributed by atoms with Crippen molar-refractivity contribution < 1.29 is 14.3 Å². The molecule has 2 saturated heterocycles. The molecule has 2 aliphatic rings. The monoisotopic (exact) mass is 387 g/mol. The third kappa shape index (κ3) is 4.19. The van der Waals surface area contributed by atoms with Crippen molar-refractivity contribution in [1.82, 2.24) is 20.2 Å². The molecule has 27 heavy (non-hydrogen) atoms. The first-order chi connectivity index (χ1) is 13.2. The number of aromatic nitrogens is 4. The van der Waals surface area contributed by atoms with Crippen molar-refractivity contribution in [2.75, 3.05) is 23.8 Å². The lowest BCUT2D eigenvalue weighted by Crippen LogP contribution is -2.23. The fraction of sp³-hybridized carbons (Fsp3) is 0.500. The van der Waals surface area contributed by atoms with Crippen molar-refractivity contribution in [3.8, 4) is 0 Å². The van der Waals surface area contributed by atoms with Crippen molar-refractivity contribution in [3.05, 3.63) is 29.8 Å². The summed E-state index contributed by atoms with van der Waals surface area (Å²) >= 11 is 1.32. The van der Waals surface area contributed by atoms with Gasteiger partial charge in [-0.15, -0.1) is 5.10 Å². The summed E-state index contributed by atoms with van der Waals surface area (Å²) in [6, 6.07) is 7.26. The highest BCUT2D eigenvalue weighted by atomic mass is 32.2. The maximum absolute atomic E-state index is 12.6. The highest BCUT2D eigenvalue weighted by Crippen LogP contribution is 2.24. The van der Waals surface area contributed by atoms with Gasteiger partial charge < -0.3 is 9.64 Å². The van der Waals surface area contributed by atoms with Crippen LogP contribution >= 0.6 is 11.8 Å². The second-order valence-electron chi connectivity index (χ2n) is 6.69. The van der Waals surface area contributed by atoms with Crippen LogP contribution in [-0.4, -0.2) is 56.9 Å². The number of amides is 1. The molecule has 2 aromatic rings. The number of ketones is 1. The highest BCUT2D eigenvalue weighted by molar-refractivity contribution is 7.99. The molecule has 8 nitrogen and oxygen atoms in total. The SMILES string of the molecule is O=C(CSc1nnnn1C[C@@H]1CCCO1)c1cccc(N2CCCC2=O)c1. The summed E-state index contributed by atoms with van der Waals surface area (Å²) in [7, 11) is 0. The van der Waals surface area contributed by atoms with Gasteiger partial charge in [0.05, 0.1) is 18.4 Å². The van der Waals surface area contributed by atoms with Gasteiger partial charge >= 0.3 is 0 Å². The molecule has 1 atom stereocenters. The smallest absolute Gasteiger partial charge is 0.227 e. The summed E-state index contributed by atoms with van der Waals surface area (Å²) in [4.78, 5) is 26.3. The van der Waals surface area contributed by atoms with E-state index in [2.05, 4.69) is 15.5 Å². The number of ether oxygens (including phenoxy) is 1. The summed E-state index contributed by atoms with van der Waals surface area (Å²) in [5.74, 6) is 0.339. The van der Waals surface area contributed by atoms with Gasteiger partial charge in [-0.1, -0.05) is 23.9 Å². The average Bonchev–Trinajstić information content (AvgIpc) is 3.43. The molecule has 4 rings (SSSR count). The van der Waals surface area contributed by atoms with Gasteiger partial charge in [0.15, 0.2) is 5.78 Å². The van der Waals surface area contributed by atoms with Crippen molar-refractivity contribution in [1.29, 1.82) is 0 Å². The molecule has 3 heterocycles. The van der Waals surface area contributed by atoms with Crippen molar-refractivity contribution in [2.45, 2.75) is 43.5 Å². The second kappa shape index (κ2) is 8.18. The number of Topliss-reactive ketones (excluding diaryl/α,β-unsaturated/α-hetero) is 1. The highest BCUT2D eigenvalue weighted by Gasteiger charge is 2.23. The predicted octanol–water partition coefficient (Wildman–Crippen LogP) is 1.95. The van der Waals surface area contributed by atoms with Crippen molar-refractivity contribution in [3.63, 3.8) is 0 Å². The largest absolute Gasteiger partial charge is 0.376 e. The molecule has 9 heteroatoms. The number of benzene rings is 1. The van der Waals surface area contributed by atoms with Crippen LogP contribution in [0, 0.1) is 0 Å². The molecular weight excluding hydrogens is 366 g/mol. The summed E-state index contributed by atoms with van der Waals surface area (Å²) in [5.41, 5.74) is 1.38. The van der Waals surface area contributed by atoms with Crippen LogP contribution in [0.4, 0.5) is 5.69 Å². The van der Waals surface area contributed by atoms with Crippen LogP contribution in [0.2, 0.25) is 0 Å². The molecule has 1 aromatic carbocycles. The Kier molecular flexibility index (Phi) is 5.49. The number of thioether (sulfide) groups is 1. The number of nitrogens with zero attached hydrogens (tertiary/aromatic N) is 5. The van der Waals surface area contributed by atoms with Crippen LogP contribution in [0.1, 0.15) is 36.0 Å². The Hall–Kier alpha value is -2.26. The second-order valence-corrected chi connectivity index (χ2v) is 7.63.